The van der Waals surface area contributed by atoms with Crippen LogP contribution in [0.1, 0.15) is 30.0 Å². The van der Waals surface area contributed by atoms with Crippen molar-refractivity contribution in [1.29, 1.82) is 0 Å². The topological polar surface area (TPSA) is 39.7 Å². The molecule has 0 unspecified atom stereocenters. The van der Waals surface area contributed by atoms with Crippen molar-refractivity contribution in [3.63, 3.8) is 0 Å². The molecule has 0 aliphatic rings. The van der Waals surface area contributed by atoms with E-state index >= 15 is 0 Å². The first-order valence-electron chi connectivity index (χ1n) is 9.56. The molecule has 0 spiro atoms. The highest BCUT2D eigenvalue weighted by Gasteiger charge is 2.05. The van der Waals surface area contributed by atoms with Crippen LogP contribution in [0.2, 0.25) is 0 Å². The van der Waals surface area contributed by atoms with E-state index in [1.165, 1.54) is 11.6 Å². The van der Waals surface area contributed by atoms with Crippen LogP contribution in [0.3, 0.4) is 0 Å². The third kappa shape index (κ3) is 9.01. The van der Waals surface area contributed by atoms with E-state index in [0.29, 0.717) is 18.7 Å². The molecule has 0 amide bonds. The fourth-order valence-corrected chi connectivity index (χ4v) is 2.84. The molecule has 154 valence electrons. The van der Waals surface area contributed by atoms with Crippen LogP contribution in [-0.4, -0.2) is 38.0 Å². The quantitative estimate of drug-likeness (QED) is 0.236. The third-order valence-corrected chi connectivity index (χ3v) is 4.14. The van der Waals surface area contributed by atoms with E-state index in [2.05, 4.69) is 39.9 Å². The molecule has 0 saturated heterocycles. The predicted molar refractivity (Wildman–Crippen MR) is 127 cm³/mol. The SMILES string of the molecule is CCNC(=NCc1ccc(F)c(CN(C)C)c1)NCCCc1ccccc1.I. The molecule has 0 aliphatic heterocycles. The summed E-state index contributed by atoms with van der Waals surface area (Å²) in [6.07, 6.45) is 2.08. The molecule has 0 atom stereocenters. The molecule has 28 heavy (non-hydrogen) atoms. The van der Waals surface area contributed by atoms with Gasteiger partial charge < -0.3 is 15.5 Å². The van der Waals surface area contributed by atoms with E-state index in [-0.39, 0.29) is 29.8 Å². The van der Waals surface area contributed by atoms with Gasteiger partial charge in [0.2, 0.25) is 0 Å². The van der Waals surface area contributed by atoms with Crippen molar-refractivity contribution in [2.75, 3.05) is 27.2 Å². The number of guanidine groups is 1. The lowest BCUT2D eigenvalue weighted by atomic mass is 10.1. The van der Waals surface area contributed by atoms with E-state index < -0.39 is 0 Å². The van der Waals surface area contributed by atoms with Crippen LogP contribution >= 0.6 is 24.0 Å². The number of nitrogens with zero attached hydrogens (tertiary/aromatic N) is 2. The molecule has 2 aromatic carbocycles. The monoisotopic (exact) mass is 498 g/mol. The second-order valence-corrected chi connectivity index (χ2v) is 6.87. The molecule has 4 nitrogen and oxygen atoms in total. The Bertz CT molecular complexity index is 720. The van der Waals surface area contributed by atoms with Crippen molar-refractivity contribution in [1.82, 2.24) is 15.5 Å². The van der Waals surface area contributed by atoms with Crippen molar-refractivity contribution in [3.05, 3.63) is 71.0 Å². The van der Waals surface area contributed by atoms with Gasteiger partial charge in [0.05, 0.1) is 6.54 Å². The normalized spacial score (nSPS) is 11.2. The van der Waals surface area contributed by atoms with Gasteiger partial charge in [-0.3, -0.25) is 0 Å². The lowest BCUT2D eigenvalue weighted by Gasteiger charge is -2.13. The van der Waals surface area contributed by atoms with Crippen LogP contribution in [0.15, 0.2) is 53.5 Å². The Hall–Kier alpha value is -1.67. The van der Waals surface area contributed by atoms with Gasteiger partial charge in [-0.2, -0.15) is 0 Å². The fraction of sp³-hybridized carbons (Fsp3) is 0.409. The first kappa shape index (κ1) is 24.4. The van der Waals surface area contributed by atoms with Crippen LogP contribution in [0, 0.1) is 5.82 Å². The Morgan fingerprint density at radius 3 is 2.46 bits per heavy atom. The summed E-state index contributed by atoms with van der Waals surface area (Å²) in [6.45, 7) is 4.82. The Morgan fingerprint density at radius 1 is 1.04 bits per heavy atom. The minimum atomic E-state index is -0.164. The number of aliphatic imine (C=N–C) groups is 1. The number of benzene rings is 2. The molecular formula is C22H32FIN4. The van der Waals surface area contributed by atoms with Gasteiger partial charge in [0.15, 0.2) is 5.96 Å². The van der Waals surface area contributed by atoms with Gasteiger partial charge in [-0.25, -0.2) is 9.38 Å². The van der Waals surface area contributed by atoms with Crippen LogP contribution in [0.25, 0.3) is 0 Å². The average Bonchev–Trinajstić information content (AvgIpc) is 2.66. The smallest absolute Gasteiger partial charge is 0.191 e. The van der Waals surface area contributed by atoms with Crippen LogP contribution < -0.4 is 10.6 Å². The molecule has 2 N–H and O–H groups in total. The zero-order valence-electron chi connectivity index (χ0n) is 17.0. The summed E-state index contributed by atoms with van der Waals surface area (Å²) in [5.74, 6) is 0.631. The molecule has 2 rings (SSSR count). The summed E-state index contributed by atoms with van der Waals surface area (Å²) in [6, 6.07) is 15.7. The maximum absolute atomic E-state index is 13.9. The average molecular weight is 498 g/mol. The van der Waals surface area contributed by atoms with E-state index in [1.807, 2.05) is 38.1 Å². The van der Waals surface area contributed by atoms with Gasteiger partial charge in [-0.15, -0.1) is 24.0 Å². The highest BCUT2D eigenvalue weighted by atomic mass is 127. The second kappa shape index (κ2) is 13.5. The van der Waals surface area contributed by atoms with Crippen LogP contribution in [0.5, 0.6) is 0 Å². The number of hydrogen-bond acceptors (Lipinski definition) is 2. The summed E-state index contributed by atoms with van der Waals surface area (Å²) >= 11 is 0. The van der Waals surface area contributed by atoms with E-state index in [9.17, 15) is 4.39 Å². The summed E-state index contributed by atoms with van der Waals surface area (Å²) in [4.78, 5) is 6.60. The molecule has 0 heterocycles. The second-order valence-electron chi connectivity index (χ2n) is 6.87. The lowest BCUT2D eigenvalue weighted by molar-refractivity contribution is 0.392. The van der Waals surface area contributed by atoms with E-state index in [4.69, 9.17) is 0 Å². The Kier molecular flexibility index (Phi) is 11.7. The van der Waals surface area contributed by atoms with Gasteiger partial charge in [0.1, 0.15) is 5.82 Å². The zero-order valence-corrected chi connectivity index (χ0v) is 19.4. The largest absolute Gasteiger partial charge is 0.357 e. The Morgan fingerprint density at radius 2 is 1.79 bits per heavy atom. The molecule has 6 heteroatoms. The fourth-order valence-electron chi connectivity index (χ4n) is 2.84. The van der Waals surface area contributed by atoms with Crippen LogP contribution in [-0.2, 0) is 19.5 Å². The molecule has 0 fully saturated rings. The van der Waals surface area contributed by atoms with Gasteiger partial charge >= 0.3 is 0 Å². The van der Waals surface area contributed by atoms with E-state index in [1.54, 1.807) is 6.07 Å². The van der Waals surface area contributed by atoms with Crippen molar-refractivity contribution >= 4 is 29.9 Å². The molecule has 0 radical (unpaired) electrons. The number of aryl methyl sites for hydroxylation is 1. The van der Waals surface area contributed by atoms with Gasteiger partial charge in [0.25, 0.3) is 0 Å². The van der Waals surface area contributed by atoms with Crippen LogP contribution in [0.4, 0.5) is 4.39 Å². The highest BCUT2D eigenvalue weighted by Crippen LogP contribution is 2.13. The number of halogens is 2. The molecule has 0 aliphatic carbocycles. The number of nitrogens with one attached hydrogen (secondary N) is 2. The standard InChI is InChI=1S/C22H31FN4.HI/c1-4-24-22(25-14-8-11-18-9-6-5-7-10-18)26-16-19-12-13-21(23)20(15-19)17-27(2)3;/h5-7,9-10,12-13,15H,4,8,11,14,16-17H2,1-3H3,(H2,24,25,26);1H. The summed E-state index contributed by atoms with van der Waals surface area (Å²) < 4.78 is 13.9. The molecular weight excluding hydrogens is 466 g/mol. The first-order valence-corrected chi connectivity index (χ1v) is 9.56. The highest BCUT2D eigenvalue weighted by molar-refractivity contribution is 14.0. The van der Waals surface area contributed by atoms with Crippen molar-refractivity contribution in [3.8, 4) is 0 Å². The molecule has 2 aromatic rings. The van der Waals surface area contributed by atoms with Crippen molar-refractivity contribution in [2.45, 2.75) is 32.9 Å². The molecule has 0 saturated carbocycles. The maximum Gasteiger partial charge on any atom is 0.191 e. The summed E-state index contributed by atoms with van der Waals surface area (Å²) in [7, 11) is 3.87. The van der Waals surface area contributed by atoms with Gasteiger partial charge in [-0.1, -0.05) is 36.4 Å². The molecule has 0 aromatic heterocycles. The first-order chi connectivity index (χ1) is 13.1. The zero-order chi connectivity index (χ0) is 19.5. The maximum atomic E-state index is 13.9. The number of hydrogen-bond donors (Lipinski definition) is 2. The van der Waals surface area contributed by atoms with Crippen molar-refractivity contribution < 1.29 is 4.39 Å². The number of rotatable bonds is 9. The van der Waals surface area contributed by atoms with Crippen molar-refractivity contribution in [2.24, 2.45) is 4.99 Å². The summed E-state index contributed by atoms with van der Waals surface area (Å²) in [5, 5.41) is 6.64. The molecule has 0 bridgehead atoms. The lowest BCUT2D eigenvalue weighted by Crippen LogP contribution is -2.37. The Balaban J connectivity index is 0.00000392. The minimum absolute atomic E-state index is 0. The van der Waals surface area contributed by atoms with Gasteiger partial charge in [0, 0.05) is 25.2 Å². The van der Waals surface area contributed by atoms with E-state index in [0.717, 1.165) is 37.5 Å². The summed E-state index contributed by atoms with van der Waals surface area (Å²) in [5.41, 5.74) is 3.06. The minimum Gasteiger partial charge on any atom is -0.357 e. The third-order valence-electron chi connectivity index (χ3n) is 4.14. The van der Waals surface area contributed by atoms with Gasteiger partial charge in [-0.05, 0) is 57.1 Å². The predicted octanol–water partition coefficient (Wildman–Crippen LogP) is 4.19. The Labute approximate surface area is 185 Å².